The van der Waals surface area contributed by atoms with Gasteiger partial charge in [-0.1, -0.05) is 49.1 Å². The normalized spacial score (nSPS) is 21.7. The number of fused-ring (bicyclic) bond motifs is 1. The molecule has 0 fully saturated rings. The van der Waals surface area contributed by atoms with Crippen LogP contribution in [0.2, 0.25) is 0 Å². The largest absolute Gasteiger partial charge is 0.302 e. The van der Waals surface area contributed by atoms with E-state index in [1.54, 1.807) is 0 Å². The molecule has 0 saturated carbocycles. The van der Waals surface area contributed by atoms with Gasteiger partial charge >= 0.3 is 0 Å². The summed E-state index contributed by atoms with van der Waals surface area (Å²) in [7, 11) is 0. The number of hydrogen-bond donors (Lipinski definition) is 0. The topological polar surface area (TPSA) is 17.1 Å². The van der Waals surface area contributed by atoms with Gasteiger partial charge in [-0.15, -0.1) is 0 Å². The van der Waals surface area contributed by atoms with Crippen LogP contribution in [-0.2, 0) is 4.79 Å². The summed E-state index contributed by atoms with van der Waals surface area (Å²) < 4.78 is 0. The lowest BCUT2D eigenvalue weighted by Gasteiger charge is -2.03. The van der Waals surface area contributed by atoms with Gasteiger partial charge in [-0.05, 0) is 29.2 Å². The monoisotopic (exact) mass is 210 g/mol. The van der Waals surface area contributed by atoms with Crippen LogP contribution >= 0.6 is 0 Å². The lowest BCUT2D eigenvalue weighted by molar-refractivity contribution is -0.108. The maximum atomic E-state index is 11.2. The third kappa shape index (κ3) is 1.54. The highest BCUT2D eigenvalue weighted by Gasteiger charge is 2.28. The van der Waals surface area contributed by atoms with E-state index >= 15 is 0 Å². The first kappa shape index (κ1) is 10.6. The van der Waals surface area contributed by atoms with E-state index < -0.39 is 0 Å². The van der Waals surface area contributed by atoms with E-state index in [-0.39, 0.29) is 5.92 Å². The Labute approximate surface area is 95.8 Å². The third-order valence-electron chi connectivity index (χ3n) is 2.91. The lowest BCUT2D eigenvalue weighted by Crippen LogP contribution is -1.96. The molecule has 80 valence electrons. The summed E-state index contributed by atoms with van der Waals surface area (Å²) in [6.07, 6.45) is 6.86. The van der Waals surface area contributed by atoms with E-state index in [0.29, 0.717) is 0 Å². The first-order valence-corrected chi connectivity index (χ1v) is 5.36. The van der Waals surface area contributed by atoms with Crippen molar-refractivity contribution < 1.29 is 4.79 Å². The van der Waals surface area contributed by atoms with Crippen LogP contribution in [0.1, 0.15) is 24.0 Å². The van der Waals surface area contributed by atoms with Gasteiger partial charge in [0.15, 0.2) is 0 Å². The van der Waals surface area contributed by atoms with Gasteiger partial charge in [-0.25, -0.2) is 0 Å². The van der Waals surface area contributed by atoms with Crippen LogP contribution in [0.15, 0.2) is 54.6 Å². The lowest BCUT2D eigenvalue weighted by atomic mass is 9.98. The maximum absolute atomic E-state index is 11.2. The Morgan fingerprint density at radius 1 is 1.31 bits per heavy atom. The van der Waals surface area contributed by atoms with Gasteiger partial charge in [0, 0.05) is 0 Å². The van der Waals surface area contributed by atoms with E-state index in [0.717, 1.165) is 28.6 Å². The van der Waals surface area contributed by atoms with Crippen LogP contribution in [0.5, 0.6) is 0 Å². The number of hydrogen-bond acceptors (Lipinski definition) is 1. The van der Waals surface area contributed by atoms with Crippen LogP contribution in [-0.4, -0.2) is 6.29 Å². The summed E-state index contributed by atoms with van der Waals surface area (Å²) in [4.78, 5) is 11.2. The minimum absolute atomic E-state index is 0.153. The Morgan fingerprint density at radius 3 is 2.75 bits per heavy atom. The number of rotatable bonds is 2. The maximum Gasteiger partial charge on any atom is 0.131 e. The Morgan fingerprint density at radius 2 is 2.06 bits per heavy atom. The predicted octanol–water partition coefficient (Wildman–Crippen LogP) is 3.50. The molecule has 1 aliphatic carbocycles. The molecule has 1 atom stereocenters. The Hall–Kier alpha value is -1.89. The van der Waals surface area contributed by atoms with Gasteiger partial charge in [-0.3, -0.25) is 0 Å². The van der Waals surface area contributed by atoms with E-state index in [4.69, 9.17) is 0 Å². The number of aldehydes is 1. The molecule has 16 heavy (non-hydrogen) atoms. The van der Waals surface area contributed by atoms with Crippen LogP contribution in [0.3, 0.4) is 0 Å². The molecule has 1 heteroatoms. The van der Waals surface area contributed by atoms with Crippen LogP contribution in [0.25, 0.3) is 5.57 Å². The van der Waals surface area contributed by atoms with Crippen molar-refractivity contribution in [3.63, 3.8) is 0 Å². The molecule has 1 nitrogen and oxygen atoms in total. The molecule has 0 N–H and O–H groups in total. The predicted molar refractivity (Wildman–Crippen MR) is 67.2 cm³/mol. The molecule has 1 aromatic rings. The minimum Gasteiger partial charge on any atom is -0.302 e. The van der Waals surface area contributed by atoms with Crippen molar-refractivity contribution in [1.29, 1.82) is 0 Å². The molecule has 1 aromatic carbocycles. The molecule has 0 aliphatic heterocycles. The first-order chi connectivity index (χ1) is 7.79. The number of allylic oxidation sites excluding steroid dienone is 5. The van der Waals surface area contributed by atoms with Crippen molar-refractivity contribution in [2.75, 3.05) is 0 Å². The second-order valence-corrected chi connectivity index (χ2v) is 3.83. The fraction of sp³-hybridized carbons (Fsp3) is 0.133. The number of benzene rings is 1. The molecule has 0 heterocycles. The fourth-order valence-electron chi connectivity index (χ4n) is 2.10. The standard InChI is InChI=1S/C15H14O/c1-3-4-7-13-11(2)12-8-5-6-9-14(12)15(13)10-16/h3-10,15H,2H2,1H3/b4-3-,13-7+. The minimum atomic E-state index is -0.153. The van der Waals surface area contributed by atoms with Gasteiger partial charge in [0.25, 0.3) is 0 Å². The number of carbonyl (C=O) groups is 1. The molecule has 0 amide bonds. The molecule has 0 aromatic heterocycles. The smallest absolute Gasteiger partial charge is 0.131 e. The van der Waals surface area contributed by atoms with Crippen molar-refractivity contribution in [1.82, 2.24) is 0 Å². The average Bonchev–Trinajstić information content (AvgIpc) is 2.60. The molecule has 1 aliphatic rings. The average molecular weight is 210 g/mol. The van der Waals surface area contributed by atoms with Crippen molar-refractivity contribution in [3.8, 4) is 0 Å². The van der Waals surface area contributed by atoms with E-state index in [1.165, 1.54) is 0 Å². The molecule has 0 saturated heterocycles. The highest BCUT2D eigenvalue weighted by atomic mass is 16.1. The summed E-state index contributed by atoms with van der Waals surface area (Å²) in [6, 6.07) is 7.95. The molecule has 0 spiro atoms. The van der Waals surface area contributed by atoms with Gasteiger partial charge in [0.05, 0.1) is 5.92 Å². The van der Waals surface area contributed by atoms with Crippen LogP contribution in [0, 0.1) is 0 Å². The third-order valence-corrected chi connectivity index (χ3v) is 2.91. The second kappa shape index (κ2) is 4.31. The Kier molecular flexibility index (Phi) is 2.86. The molecule has 0 radical (unpaired) electrons. The first-order valence-electron chi connectivity index (χ1n) is 5.36. The van der Waals surface area contributed by atoms with E-state index in [2.05, 4.69) is 6.58 Å². The van der Waals surface area contributed by atoms with E-state index in [9.17, 15) is 4.79 Å². The SMILES string of the molecule is C=C1/C(=C\C=C/C)C(C=O)c2ccccc21. The van der Waals surface area contributed by atoms with Crippen molar-refractivity contribution in [3.05, 3.63) is 65.8 Å². The summed E-state index contributed by atoms with van der Waals surface area (Å²) >= 11 is 0. The van der Waals surface area contributed by atoms with Crippen LogP contribution < -0.4 is 0 Å². The van der Waals surface area contributed by atoms with Crippen molar-refractivity contribution >= 4 is 11.9 Å². The molecule has 0 bridgehead atoms. The molecular formula is C15H14O. The van der Waals surface area contributed by atoms with Crippen molar-refractivity contribution in [2.45, 2.75) is 12.8 Å². The summed E-state index contributed by atoms with van der Waals surface area (Å²) in [5.74, 6) is -0.153. The van der Waals surface area contributed by atoms with E-state index in [1.807, 2.05) is 49.4 Å². The molecule has 1 unspecified atom stereocenters. The van der Waals surface area contributed by atoms with Gasteiger partial charge in [-0.2, -0.15) is 0 Å². The Balaban J connectivity index is 2.55. The molecular weight excluding hydrogens is 196 g/mol. The van der Waals surface area contributed by atoms with Crippen molar-refractivity contribution in [2.24, 2.45) is 0 Å². The highest BCUT2D eigenvalue weighted by molar-refractivity contribution is 5.94. The van der Waals surface area contributed by atoms with Crippen LogP contribution in [0.4, 0.5) is 0 Å². The second-order valence-electron chi connectivity index (χ2n) is 3.83. The zero-order chi connectivity index (χ0) is 11.5. The Bertz CT molecular complexity index is 492. The summed E-state index contributed by atoms with van der Waals surface area (Å²) in [6.45, 7) is 6.02. The zero-order valence-electron chi connectivity index (χ0n) is 9.31. The van der Waals surface area contributed by atoms with Gasteiger partial charge < -0.3 is 4.79 Å². The number of carbonyl (C=O) groups excluding carboxylic acids is 1. The summed E-state index contributed by atoms with van der Waals surface area (Å²) in [5.41, 5.74) is 4.13. The highest BCUT2D eigenvalue weighted by Crippen LogP contribution is 2.43. The van der Waals surface area contributed by atoms with Gasteiger partial charge in [0.1, 0.15) is 6.29 Å². The molecule has 2 rings (SSSR count). The summed E-state index contributed by atoms with van der Waals surface area (Å²) in [5, 5.41) is 0. The fourth-order valence-corrected chi connectivity index (χ4v) is 2.10. The quantitative estimate of drug-likeness (QED) is 0.683. The van der Waals surface area contributed by atoms with Gasteiger partial charge in [0.2, 0.25) is 0 Å². The zero-order valence-corrected chi connectivity index (χ0v) is 9.31.